The van der Waals surface area contributed by atoms with Gasteiger partial charge in [-0.05, 0) is 12.8 Å². The quantitative estimate of drug-likeness (QED) is 0.562. The molecule has 0 saturated carbocycles. The number of anilines is 2. The number of aromatic nitrogens is 1. The van der Waals surface area contributed by atoms with E-state index in [2.05, 4.69) is 0 Å². The lowest BCUT2D eigenvalue weighted by molar-refractivity contribution is 1.03. The molecule has 0 spiro atoms. The van der Waals surface area contributed by atoms with E-state index in [4.69, 9.17) is 17.3 Å². The standard InChI is InChI=1S/C8H16N4/c1-3-5-6(4-2)8(10)12(11)7(5)9/h3-4,9-11H2,1-2H3. The third-order valence-corrected chi connectivity index (χ3v) is 2.21. The summed E-state index contributed by atoms with van der Waals surface area (Å²) >= 11 is 0. The lowest BCUT2D eigenvalue weighted by atomic mass is 10.1. The van der Waals surface area contributed by atoms with Gasteiger partial charge in [0.05, 0.1) is 0 Å². The van der Waals surface area contributed by atoms with E-state index in [0.29, 0.717) is 11.6 Å². The Morgan fingerprint density at radius 1 is 1.00 bits per heavy atom. The maximum atomic E-state index is 5.75. The van der Waals surface area contributed by atoms with Crippen molar-refractivity contribution in [2.24, 2.45) is 0 Å². The van der Waals surface area contributed by atoms with Crippen LogP contribution in [0.4, 0.5) is 11.6 Å². The second-order valence-corrected chi connectivity index (χ2v) is 2.80. The van der Waals surface area contributed by atoms with Crippen molar-refractivity contribution in [2.75, 3.05) is 17.3 Å². The molecule has 4 heteroatoms. The molecular formula is C8H16N4. The van der Waals surface area contributed by atoms with Crippen LogP contribution in [0.25, 0.3) is 0 Å². The van der Waals surface area contributed by atoms with Gasteiger partial charge in [-0.2, -0.15) is 0 Å². The van der Waals surface area contributed by atoms with Crippen molar-refractivity contribution in [3.8, 4) is 0 Å². The third kappa shape index (κ3) is 0.995. The summed E-state index contributed by atoms with van der Waals surface area (Å²) in [5.41, 5.74) is 13.7. The molecule has 0 aliphatic carbocycles. The molecule has 0 bridgehead atoms. The van der Waals surface area contributed by atoms with Gasteiger partial charge in [-0.25, -0.2) is 4.68 Å². The minimum Gasteiger partial charge on any atom is -0.383 e. The second-order valence-electron chi connectivity index (χ2n) is 2.80. The molecule has 0 unspecified atom stereocenters. The van der Waals surface area contributed by atoms with E-state index in [1.807, 2.05) is 13.8 Å². The van der Waals surface area contributed by atoms with Gasteiger partial charge in [0, 0.05) is 11.1 Å². The molecule has 1 aromatic rings. The van der Waals surface area contributed by atoms with Gasteiger partial charge in [0.1, 0.15) is 11.6 Å². The van der Waals surface area contributed by atoms with Crippen molar-refractivity contribution in [3.05, 3.63) is 11.1 Å². The molecule has 4 nitrogen and oxygen atoms in total. The molecule has 6 N–H and O–H groups in total. The van der Waals surface area contributed by atoms with Crippen molar-refractivity contribution in [2.45, 2.75) is 26.7 Å². The van der Waals surface area contributed by atoms with Crippen LogP contribution in [0.2, 0.25) is 0 Å². The highest BCUT2D eigenvalue weighted by molar-refractivity contribution is 5.60. The minimum absolute atomic E-state index is 0.590. The van der Waals surface area contributed by atoms with Crippen LogP contribution in [0.3, 0.4) is 0 Å². The van der Waals surface area contributed by atoms with Gasteiger partial charge < -0.3 is 17.3 Å². The van der Waals surface area contributed by atoms with E-state index >= 15 is 0 Å². The van der Waals surface area contributed by atoms with Gasteiger partial charge in [0.2, 0.25) is 0 Å². The largest absolute Gasteiger partial charge is 0.383 e. The number of rotatable bonds is 2. The average Bonchev–Trinajstić information content (AvgIpc) is 2.29. The lowest BCUT2D eigenvalue weighted by Crippen LogP contribution is -2.14. The Labute approximate surface area is 72.3 Å². The number of nitrogens with zero attached hydrogens (tertiary/aromatic N) is 1. The Morgan fingerprint density at radius 2 is 1.33 bits per heavy atom. The monoisotopic (exact) mass is 168 g/mol. The minimum atomic E-state index is 0.590. The molecule has 0 aromatic carbocycles. The van der Waals surface area contributed by atoms with Gasteiger partial charge in [-0.3, -0.25) is 0 Å². The van der Waals surface area contributed by atoms with Crippen LogP contribution >= 0.6 is 0 Å². The summed E-state index contributed by atoms with van der Waals surface area (Å²) < 4.78 is 1.36. The van der Waals surface area contributed by atoms with Crippen molar-refractivity contribution < 1.29 is 0 Å². The third-order valence-electron chi connectivity index (χ3n) is 2.21. The first-order valence-electron chi connectivity index (χ1n) is 4.15. The Balaban J connectivity index is 3.34. The summed E-state index contributed by atoms with van der Waals surface area (Å²) in [5, 5.41) is 0. The lowest BCUT2D eigenvalue weighted by Gasteiger charge is -1.98. The molecular weight excluding hydrogens is 152 g/mol. The SMILES string of the molecule is CCc1c(CC)c(N)n(N)c1N. The molecule has 0 radical (unpaired) electrons. The van der Waals surface area contributed by atoms with Crippen LogP contribution in [0, 0.1) is 0 Å². The fourth-order valence-electron chi connectivity index (χ4n) is 1.52. The van der Waals surface area contributed by atoms with E-state index in [0.717, 1.165) is 24.0 Å². The summed E-state index contributed by atoms with van der Waals surface area (Å²) in [6, 6.07) is 0. The molecule has 1 heterocycles. The van der Waals surface area contributed by atoms with Crippen LogP contribution in [0.15, 0.2) is 0 Å². The zero-order valence-electron chi connectivity index (χ0n) is 7.59. The fraction of sp³-hybridized carbons (Fsp3) is 0.500. The van der Waals surface area contributed by atoms with Crippen LogP contribution < -0.4 is 17.3 Å². The maximum absolute atomic E-state index is 5.75. The summed E-state index contributed by atoms with van der Waals surface area (Å²) in [5.74, 6) is 6.80. The average molecular weight is 168 g/mol. The number of nitrogens with two attached hydrogens (primary N) is 3. The molecule has 1 rings (SSSR count). The van der Waals surface area contributed by atoms with Crippen molar-refractivity contribution in [1.82, 2.24) is 4.68 Å². The zero-order chi connectivity index (χ0) is 9.30. The van der Waals surface area contributed by atoms with Crippen LogP contribution in [-0.2, 0) is 12.8 Å². The van der Waals surface area contributed by atoms with Crippen molar-refractivity contribution in [3.63, 3.8) is 0 Å². The summed E-state index contributed by atoms with van der Waals surface area (Å²) in [6.07, 6.45) is 1.76. The highest BCUT2D eigenvalue weighted by Gasteiger charge is 2.14. The Morgan fingerprint density at radius 3 is 1.58 bits per heavy atom. The van der Waals surface area contributed by atoms with Crippen molar-refractivity contribution >= 4 is 11.6 Å². The van der Waals surface area contributed by atoms with E-state index in [1.54, 1.807) is 0 Å². The summed E-state index contributed by atoms with van der Waals surface area (Å²) in [6.45, 7) is 4.09. The van der Waals surface area contributed by atoms with Crippen LogP contribution in [0.1, 0.15) is 25.0 Å². The van der Waals surface area contributed by atoms with Crippen LogP contribution in [0.5, 0.6) is 0 Å². The molecule has 0 aliphatic heterocycles. The molecule has 0 amide bonds. The van der Waals surface area contributed by atoms with Gasteiger partial charge in [-0.15, -0.1) is 0 Å². The van der Waals surface area contributed by atoms with Gasteiger partial charge >= 0.3 is 0 Å². The predicted octanol–water partition coefficient (Wildman–Crippen LogP) is 0.491. The summed E-state index contributed by atoms with van der Waals surface area (Å²) in [7, 11) is 0. The Hall–Kier alpha value is -1.32. The first-order valence-corrected chi connectivity index (χ1v) is 4.15. The van der Waals surface area contributed by atoms with Crippen LogP contribution in [-0.4, -0.2) is 4.68 Å². The fourth-order valence-corrected chi connectivity index (χ4v) is 1.52. The van der Waals surface area contributed by atoms with E-state index < -0.39 is 0 Å². The first-order chi connectivity index (χ1) is 5.63. The highest BCUT2D eigenvalue weighted by atomic mass is 15.3. The smallest absolute Gasteiger partial charge is 0.128 e. The molecule has 0 saturated heterocycles. The molecule has 1 aromatic heterocycles. The number of nitrogen functional groups attached to an aromatic ring is 3. The van der Waals surface area contributed by atoms with Crippen molar-refractivity contribution in [1.29, 1.82) is 0 Å². The Kier molecular flexibility index (Phi) is 2.17. The van der Waals surface area contributed by atoms with E-state index in [1.165, 1.54) is 4.68 Å². The van der Waals surface area contributed by atoms with E-state index in [9.17, 15) is 0 Å². The number of hydrogen-bond donors (Lipinski definition) is 3. The Bertz CT molecular complexity index is 260. The predicted molar refractivity (Wildman–Crippen MR) is 52.2 cm³/mol. The van der Waals surface area contributed by atoms with E-state index in [-0.39, 0.29) is 0 Å². The normalized spacial score (nSPS) is 10.5. The van der Waals surface area contributed by atoms with Gasteiger partial charge in [-0.1, -0.05) is 13.8 Å². The van der Waals surface area contributed by atoms with Gasteiger partial charge in [0.15, 0.2) is 0 Å². The highest BCUT2D eigenvalue weighted by Crippen LogP contribution is 2.25. The maximum Gasteiger partial charge on any atom is 0.128 e. The molecule has 0 atom stereocenters. The topological polar surface area (TPSA) is 83.0 Å². The van der Waals surface area contributed by atoms with Gasteiger partial charge in [0.25, 0.3) is 0 Å². The zero-order valence-corrected chi connectivity index (χ0v) is 7.59. The first kappa shape index (κ1) is 8.77. The number of hydrogen-bond acceptors (Lipinski definition) is 3. The molecule has 12 heavy (non-hydrogen) atoms. The molecule has 0 aliphatic rings. The second kappa shape index (κ2) is 2.97. The molecule has 0 fully saturated rings. The molecule has 68 valence electrons. The summed E-state index contributed by atoms with van der Waals surface area (Å²) in [4.78, 5) is 0.